The van der Waals surface area contributed by atoms with E-state index in [-0.39, 0.29) is 12.5 Å². The second kappa shape index (κ2) is 9.94. The Bertz CT molecular complexity index is 1050. The topological polar surface area (TPSA) is 64.6 Å². The maximum Gasteiger partial charge on any atom is 0.339 e. The van der Waals surface area contributed by atoms with Crippen LogP contribution in [-0.2, 0) is 16.1 Å². The molecule has 1 N–H and O–H groups in total. The van der Waals surface area contributed by atoms with E-state index in [4.69, 9.17) is 9.47 Å². The largest absolute Gasteiger partial charge is 0.489 e. The molecule has 1 amide bonds. The van der Waals surface area contributed by atoms with Gasteiger partial charge in [-0.25, -0.2) is 4.79 Å². The van der Waals surface area contributed by atoms with Crippen molar-refractivity contribution in [3.63, 3.8) is 0 Å². The summed E-state index contributed by atoms with van der Waals surface area (Å²) in [5, 5.41) is 2.88. The van der Waals surface area contributed by atoms with Gasteiger partial charge in [-0.3, -0.25) is 4.79 Å². The number of carbonyl (C=O) groups is 2. The molecule has 0 aromatic heterocycles. The van der Waals surface area contributed by atoms with E-state index in [9.17, 15) is 9.59 Å². The Balaban J connectivity index is 1.66. The normalized spacial score (nSPS) is 11.5. The molecule has 160 valence electrons. The van der Waals surface area contributed by atoms with Gasteiger partial charge in [0.25, 0.3) is 5.91 Å². The van der Waals surface area contributed by atoms with E-state index in [1.165, 1.54) is 0 Å². The van der Waals surface area contributed by atoms with Crippen LogP contribution in [0, 0.1) is 20.8 Å². The molecule has 5 heteroatoms. The van der Waals surface area contributed by atoms with Crippen LogP contribution in [-0.4, -0.2) is 18.0 Å². The lowest BCUT2D eigenvalue weighted by Crippen LogP contribution is -2.30. The average molecular weight is 418 g/mol. The van der Waals surface area contributed by atoms with Crippen LogP contribution in [0.1, 0.15) is 39.5 Å². The number of hydrogen-bond acceptors (Lipinski definition) is 4. The number of rotatable bonds is 7. The molecule has 0 unspecified atom stereocenters. The molecule has 0 bridgehead atoms. The van der Waals surface area contributed by atoms with Crippen LogP contribution in [0.25, 0.3) is 0 Å². The Morgan fingerprint density at radius 3 is 2.19 bits per heavy atom. The van der Waals surface area contributed by atoms with E-state index in [1.807, 2.05) is 75.4 Å². The maximum absolute atomic E-state index is 12.8. The highest BCUT2D eigenvalue weighted by molar-refractivity contribution is 5.98. The summed E-state index contributed by atoms with van der Waals surface area (Å²) in [6.45, 7) is 7.67. The highest BCUT2D eigenvalue weighted by Gasteiger charge is 2.22. The molecular formula is C26H27NO4. The van der Waals surface area contributed by atoms with Crippen molar-refractivity contribution in [3.05, 3.63) is 94.5 Å². The first kappa shape index (κ1) is 22.1. The lowest BCUT2D eigenvalue weighted by Gasteiger charge is -2.17. The number of hydrogen-bond donors (Lipinski definition) is 1. The molecule has 0 heterocycles. The van der Waals surface area contributed by atoms with E-state index < -0.39 is 12.1 Å². The second-order valence-electron chi connectivity index (χ2n) is 7.57. The monoisotopic (exact) mass is 417 g/mol. The molecule has 3 rings (SSSR count). The van der Waals surface area contributed by atoms with Crippen molar-refractivity contribution in [2.24, 2.45) is 0 Å². The van der Waals surface area contributed by atoms with Gasteiger partial charge in [-0.2, -0.15) is 0 Å². The molecule has 0 saturated heterocycles. The Hall–Kier alpha value is -3.60. The van der Waals surface area contributed by atoms with Crippen LogP contribution in [0.4, 0.5) is 5.69 Å². The van der Waals surface area contributed by atoms with E-state index >= 15 is 0 Å². The summed E-state index contributed by atoms with van der Waals surface area (Å²) in [6.07, 6.45) is -0.948. The zero-order valence-electron chi connectivity index (χ0n) is 18.3. The molecule has 0 aliphatic rings. The summed E-state index contributed by atoms with van der Waals surface area (Å²) < 4.78 is 11.2. The van der Waals surface area contributed by atoms with Gasteiger partial charge in [-0.05, 0) is 57.0 Å². The first-order valence-corrected chi connectivity index (χ1v) is 10.2. The first-order valence-electron chi connectivity index (χ1n) is 10.2. The second-order valence-corrected chi connectivity index (χ2v) is 7.57. The quantitative estimate of drug-likeness (QED) is 0.525. The summed E-state index contributed by atoms with van der Waals surface area (Å²) in [5.74, 6) is -0.226. The fourth-order valence-corrected chi connectivity index (χ4v) is 3.40. The van der Waals surface area contributed by atoms with Gasteiger partial charge in [0, 0.05) is 11.3 Å². The lowest BCUT2D eigenvalue weighted by molar-refractivity contribution is -0.123. The van der Waals surface area contributed by atoms with Gasteiger partial charge >= 0.3 is 5.97 Å². The predicted octanol–water partition coefficient (Wildman–Crippen LogP) is 5.37. The van der Waals surface area contributed by atoms with Crippen LogP contribution in [0.2, 0.25) is 0 Å². The molecule has 3 aromatic rings. The number of anilines is 1. The maximum atomic E-state index is 12.8. The Morgan fingerprint density at radius 1 is 0.903 bits per heavy atom. The predicted molar refractivity (Wildman–Crippen MR) is 121 cm³/mol. The van der Waals surface area contributed by atoms with E-state index in [0.29, 0.717) is 16.9 Å². The van der Waals surface area contributed by atoms with E-state index in [0.717, 1.165) is 22.4 Å². The molecule has 0 aliphatic heterocycles. The summed E-state index contributed by atoms with van der Waals surface area (Å²) in [5.41, 5.74) is 4.87. The van der Waals surface area contributed by atoms with Crippen LogP contribution >= 0.6 is 0 Å². The first-order chi connectivity index (χ1) is 14.8. The molecule has 1 atom stereocenters. The van der Waals surface area contributed by atoms with Crippen LogP contribution in [0.3, 0.4) is 0 Å². The molecule has 0 radical (unpaired) electrons. The SMILES string of the molecule is Cc1cc(C)c(NC(=O)[C@H](C)OC(=O)c2ccccc2COc2ccccc2)c(C)c1. The van der Waals surface area contributed by atoms with Crippen molar-refractivity contribution in [2.75, 3.05) is 5.32 Å². The number of esters is 1. The summed E-state index contributed by atoms with van der Waals surface area (Å²) in [6, 6.07) is 20.4. The molecule has 0 saturated carbocycles. The highest BCUT2D eigenvalue weighted by atomic mass is 16.5. The molecule has 0 spiro atoms. The minimum atomic E-state index is -0.948. The van der Waals surface area contributed by atoms with Gasteiger partial charge in [-0.1, -0.05) is 54.1 Å². The van der Waals surface area contributed by atoms with Gasteiger partial charge in [0.1, 0.15) is 12.4 Å². The highest BCUT2D eigenvalue weighted by Crippen LogP contribution is 2.22. The third-order valence-corrected chi connectivity index (χ3v) is 4.95. The van der Waals surface area contributed by atoms with Crippen molar-refractivity contribution >= 4 is 17.6 Å². The third kappa shape index (κ3) is 5.72. The van der Waals surface area contributed by atoms with Crippen LogP contribution in [0.5, 0.6) is 5.75 Å². The fraction of sp³-hybridized carbons (Fsp3) is 0.231. The zero-order chi connectivity index (χ0) is 22.4. The van der Waals surface area contributed by atoms with E-state index in [1.54, 1.807) is 19.1 Å². The number of carbonyl (C=O) groups excluding carboxylic acids is 2. The minimum Gasteiger partial charge on any atom is -0.489 e. The van der Waals surface area contributed by atoms with Crippen molar-refractivity contribution in [2.45, 2.75) is 40.4 Å². The average Bonchev–Trinajstić information content (AvgIpc) is 2.75. The Morgan fingerprint density at radius 2 is 1.52 bits per heavy atom. The summed E-state index contributed by atoms with van der Waals surface area (Å²) in [4.78, 5) is 25.4. The van der Waals surface area contributed by atoms with Gasteiger partial charge in [0.15, 0.2) is 6.10 Å². The molecule has 5 nitrogen and oxygen atoms in total. The standard InChI is InChI=1S/C26H27NO4/c1-17-14-18(2)24(19(3)15-17)27-25(28)20(4)31-26(29)23-13-9-8-10-21(23)16-30-22-11-6-5-7-12-22/h5-15,20H,16H2,1-4H3,(H,27,28)/t20-/m0/s1. The van der Waals surface area contributed by atoms with Gasteiger partial charge in [0.2, 0.25) is 0 Å². The van der Waals surface area contributed by atoms with Crippen molar-refractivity contribution in [1.82, 2.24) is 0 Å². The molecule has 31 heavy (non-hydrogen) atoms. The number of amides is 1. The number of para-hydroxylation sites is 1. The van der Waals surface area contributed by atoms with Gasteiger partial charge < -0.3 is 14.8 Å². The molecule has 3 aromatic carbocycles. The van der Waals surface area contributed by atoms with E-state index in [2.05, 4.69) is 5.32 Å². The number of aryl methyl sites for hydroxylation is 3. The van der Waals surface area contributed by atoms with Gasteiger partial charge in [0.05, 0.1) is 5.56 Å². The van der Waals surface area contributed by atoms with Gasteiger partial charge in [-0.15, -0.1) is 0 Å². The summed E-state index contributed by atoms with van der Waals surface area (Å²) in [7, 11) is 0. The van der Waals surface area contributed by atoms with Crippen LogP contribution < -0.4 is 10.1 Å². The molecular weight excluding hydrogens is 390 g/mol. The van der Waals surface area contributed by atoms with Crippen molar-refractivity contribution < 1.29 is 19.1 Å². The van der Waals surface area contributed by atoms with Crippen molar-refractivity contribution in [1.29, 1.82) is 0 Å². The molecule has 0 aliphatic carbocycles. The van der Waals surface area contributed by atoms with Crippen LogP contribution in [0.15, 0.2) is 66.7 Å². The smallest absolute Gasteiger partial charge is 0.339 e. The van der Waals surface area contributed by atoms with Crippen molar-refractivity contribution in [3.8, 4) is 5.75 Å². The number of benzene rings is 3. The summed E-state index contributed by atoms with van der Waals surface area (Å²) >= 11 is 0. The fourth-order valence-electron chi connectivity index (χ4n) is 3.40. The Labute approximate surface area is 183 Å². The third-order valence-electron chi connectivity index (χ3n) is 4.95. The minimum absolute atomic E-state index is 0.220. The number of nitrogens with one attached hydrogen (secondary N) is 1. The number of ether oxygens (including phenoxy) is 2. The molecule has 0 fully saturated rings. The Kier molecular flexibility index (Phi) is 7.08. The lowest BCUT2D eigenvalue weighted by atomic mass is 10.0. The zero-order valence-corrected chi connectivity index (χ0v) is 18.3.